The number of aromatic hydroxyl groups is 1. The summed E-state index contributed by atoms with van der Waals surface area (Å²) >= 11 is 0. The fourth-order valence-corrected chi connectivity index (χ4v) is 4.27. The highest BCUT2D eigenvalue weighted by atomic mass is 16.5. The molecular formula is C23H24O4. The van der Waals surface area contributed by atoms with Crippen molar-refractivity contribution < 1.29 is 9.84 Å². The van der Waals surface area contributed by atoms with Crippen LogP contribution in [-0.2, 0) is 0 Å². The quantitative estimate of drug-likeness (QED) is 0.887. The third-order valence-corrected chi connectivity index (χ3v) is 5.88. The third kappa shape index (κ3) is 3.61. The Morgan fingerprint density at radius 3 is 2.07 bits per heavy atom. The Bertz CT molecular complexity index is 941. The maximum atomic E-state index is 12.9. The first-order valence-corrected chi connectivity index (χ1v) is 9.75. The minimum absolute atomic E-state index is 0.00335. The van der Waals surface area contributed by atoms with Crippen LogP contribution in [0, 0.1) is 0 Å². The molecule has 0 amide bonds. The molecule has 2 saturated carbocycles. The lowest BCUT2D eigenvalue weighted by molar-refractivity contribution is 0.0970. The fourth-order valence-electron chi connectivity index (χ4n) is 4.27. The summed E-state index contributed by atoms with van der Waals surface area (Å²) in [5.41, 5.74) is 1.17. The van der Waals surface area contributed by atoms with Crippen LogP contribution >= 0.6 is 0 Å². The van der Waals surface area contributed by atoms with E-state index in [0.717, 1.165) is 18.4 Å². The monoisotopic (exact) mass is 364 g/mol. The van der Waals surface area contributed by atoms with Gasteiger partial charge in [-0.1, -0.05) is 49.2 Å². The summed E-state index contributed by atoms with van der Waals surface area (Å²) in [4.78, 5) is 25.1. The molecular weight excluding hydrogens is 340 g/mol. The van der Waals surface area contributed by atoms with Gasteiger partial charge in [-0.05, 0) is 49.7 Å². The summed E-state index contributed by atoms with van der Waals surface area (Å²) in [6, 6.07) is 14.1. The van der Waals surface area contributed by atoms with Crippen molar-refractivity contribution in [1.29, 1.82) is 0 Å². The van der Waals surface area contributed by atoms with E-state index in [1.54, 1.807) is 24.3 Å². The largest absolute Gasteiger partial charge is 0.504 e. The van der Waals surface area contributed by atoms with Gasteiger partial charge in [0.1, 0.15) is 6.10 Å². The molecule has 0 unspecified atom stereocenters. The van der Waals surface area contributed by atoms with Gasteiger partial charge < -0.3 is 9.84 Å². The second-order valence-corrected chi connectivity index (χ2v) is 7.64. The van der Waals surface area contributed by atoms with E-state index in [9.17, 15) is 14.7 Å². The Kier molecular flexibility index (Phi) is 4.97. The lowest BCUT2D eigenvalue weighted by atomic mass is 9.77. The van der Waals surface area contributed by atoms with E-state index < -0.39 is 0 Å². The molecule has 2 aromatic rings. The second-order valence-electron chi connectivity index (χ2n) is 7.64. The van der Waals surface area contributed by atoms with Gasteiger partial charge in [0.25, 0.3) is 0 Å². The van der Waals surface area contributed by atoms with E-state index in [1.807, 2.05) is 18.2 Å². The molecule has 2 fully saturated rings. The molecule has 27 heavy (non-hydrogen) atoms. The normalized spacial score (nSPS) is 22.2. The summed E-state index contributed by atoms with van der Waals surface area (Å²) < 4.78 is 6.01. The van der Waals surface area contributed by atoms with Crippen molar-refractivity contribution in [1.82, 2.24) is 0 Å². The molecule has 2 aromatic carbocycles. The van der Waals surface area contributed by atoms with Crippen LogP contribution in [0.4, 0.5) is 0 Å². The molecule has 4 heteroatoms. The molecule has 4 rings (SSSR count). The summed E-state index contributed by atoms with van der Waals surface area (Å²) in [7, 11) is 0. The van der Waals surface area contributed by atoms with Crippen LogP contribution in [-0.4, -0.2) is 11.2 Å². The molecule has 4 nitrogen and oxygen atoms in total. The lowest BCUT2D eigenvalue weighted by Crippen LogP contribution is -2.35. The first kappa shape index (κ1) is 17.8. The summed E-state index contributed by atoms with van der Waals surface area (Å²) in [5.74, 6) is 0.589. The lowest BCUT2D eigenvalue weighted by Gasteiger charge is -2.34. The standard InChI is InChI=1S/C23H24O4/c24-20-11-5-3-10-19(22(20)25)16-13-17(14-16)27-21-12-6-4-9-18(23(21)26)15-7-1-2-8-15/h3-6,9-12,15-17H,1-2,7-8,13-14H2,(H,24,25). The maximum Gasteiger partial charge on any atom is 0.223 e. The minimum Gasteiger partial charge on any atom is -0.504 e. The van der Waals surface area contributed by atoms with Crippen molar-refractivity contribution in [3.8, 4) is 11.5 Å². The molecule has 140 valence electrons. The van der Waals surface area contributed by atoms with Crippen LogP contribution in [0.5, 0.6) is 11.5 Å². The molecule has 1 N–H and O–H groups in total. The summed E-state index contributed by atoms with van der Waals surface area (Å²) in [5, 5.41) is 9.74. The van der Waals surface area contributed by atoms with Gasteiger partial charge in [-0.2, -0.15) is 0 Å². The van der Waals surface area contributed by atoms with E-state index in [1.165, 1.54) is 18.9 Å². The van der Waals surface area contributed by atoms with E-state index in [2.05, 4.69) is 0 Å². The van der Waals surface area contributed by atoms with Gasteiger partial charge in [0, 0.05) is 11.1 Å². The highest BCUT2D eigenvalue weighted by Crippen LogP contribution is 2.38. The van der Waals surface area contributed by atoms with Crippen molar-refractivity contribution in [2.75, 3.05) is 0 Å². The molecule has 2 aliphatic rings. The van der Waals surface area contributed by atoms with Crippen molar-refractivity contribution in [3.05, 3.63) is 80.1 Å². The van der Waals surface area contributed by atoms with Crippen LogP contribution in [0.25, 0.3) is 0 Å². The smallest absolute Gasteiger partial charge is 0.223 e. The maximum absolute atomic E-state index is 12.9. The third-order valence-electron chi connectivity index (χ3n) is 5.88. The van der Waals surface area contributed by atoms with Crippen LogP contribution < -0.4 is 15.6 Å². The molecule has 0 spiro atoms. The molecule has 0 bridgehead atoms. The molecule has 0 aromatic heterocycles. The Hall–Kier alpha value is -2.62. The first-order valence-electron chi connectivity index (χ1n) is 9.75. The van der Waals surface area contributed by atoms with Crippen molar-refractivity contribution >= 4 is 0 Å². The van der Waals surface area contributed by atoms with Gasteiger partial charge in [-0.25, -0.2) is 0 Å². The highest BCUT2D eigenvalue weighted by Gasteiger charge is 2.34. The Morgan fingerprint density at radius 1 is 0.778 bits per heavy atom. The highest BCUT2D eigenvalue weighted by molar-refractivity contribution is 5.32. The number of rotatable bonds is 4. The zero-order valence-corrected chi connectivity index (χ0v) is 15.3. The Morgan fingerprint density at radius 2 is 1.37 bits per heavy atom. The van der Waals surface area contributed by atoms with Crippen LogP contribution in [0.1, 0.15) is 61.5 Å². The first-order chi connectivity index (χ1) is 13.1. The number of hydrogen-bond acceptors (Lipinski definition) is 4. The zero-order chi connectivity index (χ0) is 18.8. The minimum atomic E-state index is -0.317. The molecule has 0 heterocycles. The number of hydrogen-bond donors (Lipinski definition) is 1. The van der Waals surface area contributed by atoms with Crippen molar-refractivity contribution in [3.63, 3.8) is 0 Å². The average Bonchev–Trinajstić information content (AvgIpc) is 3.03. The second kappa shape index (κ2) is 7.55. The van der Waals surface area contributed by atoms with Crippen LogP contribution in [0.2, 0.25) is 0 Å². The zero-order valence-electron chi connectivity index (χ0n) is 15.3. The summed E-state index contributed by atoms with van der Waals surface area (Å²) in [6.07, 6.45) is 5.79. The van der Waals surface area contributed by atoms with Crippen LogP contribution in [0.3, 0.4) is 0 Å². The van der Waals surface area contributed by atoms with Gasteiger partial charge >= 0.3 is 0 Å². The summed E-state index contributed by atoms with van der Waals surface area (Å²) in [6.45, 7) is 0. The Labute approximate surface area is 158 Å². The Balaban J connectivity index is 1.50. The fraction of sp³-hybridized carbons (Fsp3) is 0.391. The van der Waals surface area contributed by atoms with Gasteiger partial charge in [-0.15, -0.1) is 0 Å². The van der Waals surface area contributed by atoms with Gasteiger partial charge in [0.15, 0.2) is 11.5 Å². The topological polar surface area (TPSA) is 63.6 Å². The van der Waals surface area contributed by atoms with E-state index in [4.69, 9.17) is 4.74 Å². The van der Waals surface area contributed by atoms with Gasteiger partial charge in [-0.3, -0.25) is 9.59 Å². The molecule has 2 aliphatic carbocycles. The molecule has 0 saturated heterocycles. The predicted molar refractivity (Wildman–Crippen MR) is 105 cm³/mol. The molecule has 0 atom stereocenters. The number of ether oxygens (including phenoxy) is 1. The molecule has 0 radical (unpaired) electrons. The predicted octanol–water partition coefficient (Wildman–Crippen LogP) is 4.10. The van der Waals surface area contributed by atoms with Crippen molar-refractivity contribution in [2.45, 2.75) is 56.5 Å². The van der Waals surface area contributed by atoms with Crippen LogP contribution in [0.15, 0.2) is 58.1 Å². The van der Waals surface area contributed by atoms with E-state index >= 15 is 0 Å². The van der Waals surface area contributed by atoms with E-state index in [-0.39, 0.29) is 28.6 Å². The molecule has 0 aliphatic heterocycles. The van der Waals surface area contributed by atoms with E-state index in [0.29, 0.717) is 30.1 Å². The van der Waals surface area contributed by atoms with Gasteiger partial charge in [0.2, 0.25) is 10.9 Å². The van der Waals surface area contributed by atoms with Gasteiger partial charge in [0.05, 0.1) is 0 Å². The van der Waals surface area contributed by atoms with Crippen molar-refractivity contribution in [2.24, 2.45) is 0 Å². The average molecular weight is 364 g/mol. The SMILES string of the molecule is O=c1c(O)ccccc1C1CC(Oc2ccccc(C3CCCC3)c2=O)C1.